The van der Waals surface area contributed by atoms with Crippen molar-refractivity contribution >= 4 is 5.97 Å². The standard InChI is InChI=1S/C16H29NO3/c1-11-8-13(10-16(2,3)9-11)20-7-6-14(15(18)19)17-12-4-5-12/h11-14,17H,4-10H2,1-3H3,(H,18,19). The molecule has 0 bridgehead atoms. The van der Waals surface area contributed by atoms with Crippen LogP contribution in [0.5, 0.6) is 0 Å². The molecule has 116 valence electrons. The maximum Gasteiger partial charge on any atom is 0.320 e. The Bertz CT molecular complexity index is 339. The van der Waals surface area contributed by atoms with Crippen LogP contribution in [0.1, 0.15) is 59.3 Å². The molecule has 0 aromatic heterocycles. The predicted molar refractivity (Wildman–Crippen MR) is 78.7 cm³/mol. The number of carboxylic acids is 1. The smallest absolute Gasteiger partial charge is 0.320 e. The van der Waals surface area contributed by atoms with E-state index >= 15 is 0 Å². The van der Waals surface area contributed by atoms with Gasteiger partial charge in [0.1, 0.15) is 6.04 Å². The van der Waals surface area contributed by atoms with Crippen molar-refractivity contribution in [2.75, 3.05) is 6.61 Å². The first kappa shape index (κ1) is 15.8. The van der Waals surface area contributed by atoms with Crippen LogP contribution in [-0.2, 0) is 9.53 Å². The first-order valence-corrected chi connectivity index (χ1v) is 7.96. The average molecular weight is 283 g/mol. The largest absolute Gasteiger partial charge is 0.480 e. The van der Waals surface area contributed by atoms with Gasteiger partial charge in [-0.25, -0.2) is 0 Å². The highest BCUT2D eigenvalue weighted by Gasteiger charge is 2.33. The topological polar surface area (TPSA) is 58.6 Å². The van der Waals surface area contributed by atoms with Crippen LogP contribution >= 0.6 is 0 Å². The van der Waals surface area contributed by atoms with Gasteiger partial charge in [-0.15, -0.1) is 0 Å². The van der Waals surface area contributed by atoms with Crippen molar-refractivity contribution in [3.05, 3.63) is 0 Å². The zero-order valence-electron chi connectivity index (χ0n) is 13.0. The number of carboxylic acid groups (broad SMARTS) is 1. The van der Waals surface area contributed by atoms with Gasteiger partial charge in [-0.3, -0.25) is 4.79 Å². The fraction of sp³-hybridized carbons (Fsp3) is 0.938. The fourth-order valence-corrected chi connectivity index (χ4v) is 3.55. The molecule has 0 spiro atoms. The molecule has 3 atom stereocenters. The molecule has 2 saturated carbocycles. The highest BCUT2D eigenvalue weighted by molar-refractivity contribution is 5.73. The summed E-state index contributed by atoms with van der Waals surface area (Å²) >= 11 is 0. The third kappa shape index (κ3) is 5.06. The molecule has 2 fully saturated rings. The van der Waals surface area contributed by atoms with E-state index in [0.717, 1.165) is 25.7 Å². The minimum atomic E-state index is -0.752. The highest BCUT2D eigenvalue weighted by Crippen LogP contribution is 2.39. The third-order valence-electron chi connectivity index (χ3n) is 4.42. The molecular formula is C16H29NO3. The van der Waals surface area contributed by atoms with Crippen molar-refractivity contribution in [2.45, 2.75) is 77.5 Å². The fourth-order valence-electron chi connectivity index (χ4n) is 3.55. The number of rotatable bonds is 7. The van der Waals surface area contributed by atoms with Crippen molar-refractivity contribution in [3.8, 4) is 0 Å². The van der Waals surface area contributed by atoms with E-state index < -0.39 is 12.0 Å². The van der Waals surface area contributed by atoms with Gasteiger partial charge in [-0.1, -0.05) is 20.8 Å². The number of hydrogen-bond donors (Lipinski definition) is 2. The van der Waals surface area contributed by atoms with Crippen LogP contribution in [0.4, 0.5) is 0 Å². The Morgan fingerprint density at radius 3 is 2.65 bits per heavy atom. The van der Waals surface area contributed by atoms with Crippen LogP contribution in [0.3, 0.4) is 0 Å². The van der Waals surface area contributed by atoms with Crippen molar-refractivity contribution in [3.63, 3.8) is 0 Å². The molecule has 0 amide bonds. The van der Waals surface area contributed by atoms with Crippen LogP contribution in [-0.4, -0.2) is 35.9 Å². The molecular weight excluding hydrogens is 254 g/mol. The Balaban J connectivity index is 1.72. The van der Waals surface area contributed by atoms with Crippen molar-refractivity contribution < 1.29 is 14.6 Å². The minimum absolute atomic E-state index is 0.295. The Kier molecular flexibility index (Phi) is 5.08. The van der Waals surface area contributed by atoms with Gasteiger partial charge in [0.15, 0.2) is 0 Å². The predicted octanol–water partition coefficient (Wildman–Crippen LogP) is 2.81. The summed E-state index contributed by atoms with van der Waals surface area (Å²) in [5.41, 5.74) is 0.348. The van der Waals surface area contributed by atoms with E-state index in [0.29, 0.717) is 36.5 Å². The maximum absolute atomic E-state index is 11.2. The van der Waals surface area contributed by atoms with Crippen LogP contribution in [0.25, 0.3) is 0 Å². The minimum Gasteiger partial charge on any atom is -0.480 e. The molecule has 0 aromatic rings. The lowest BCUT2D eigenvalue weighted by Gasteiger charge is -2.38. The zero-order valence-corrected chi connectivity index (χ0v) is 13.0. The molecule has 4 nitrogen and oxygen atoms in total. The van der Waals surface area contributed by atoms with E-state index in [4.69, 9.17) is 4.74 Å². The van der Waals surface area contributed by atoms with Gasteiger partial charge in [0.2, 0.25) is 0 Å². The Morgan fingerprint density at radius 1 is 1.40 bits per heavy atom. The molecule has 4 heteroatoms. The molecule has 20 heavy (non-hydrogen) atoms. The van der Waals surface area contributed by atoms with Gasteiger partial charge >= 0.3 is 5.97 Å². The van der Waals surface area contributed by atoms with Gasteiger partial charge in [0.25, 0.3) is 0 Å². The number of hydrogen-bond acceptors (Lipinski definition) is 3. The SMILES string of the molecule is CC1CC(OCCC(NC2CC2)C(=O)O)CC(C)(C)C1. The van der Waals surface area contributed by atoms with Crippen molar-refractivity contribution in [1.29, 1.82) is 0 Å². The first-order valence-electron chi connectivity index (χ1n) is 7.96. The summed E-state index contributed by atoms with van der Waals surface area (Å²) in [5, 5.41) is 12.4. The van der Waals surface area contributed by atoms with E-state index in [1.807, 2.05) is 0 Å². The van der Waals surface area contributed by atoms with E-state index in [9.17, 15) is 9.90 Å². The summed E-state index contributed by atoms with van der Waals surface area (Å²) in [5.74, 6) is -0.0542. The monoisotopic (exact) mass is 283 g/mol. The Labute approximate surface area is 122 Å². The summed E-state index contributed by atoms with van der Waals surface area (Å²) in [4.78, 5) is 11.2. The van der Waals surface area contributed by atoms with Crippen LogP contribution in [0, 0.1) is 11.3 Å². The molecule has 2 aliphatic carbocycles. The quantitative estimate of drug-likeness (QED) is 0.754. The second-order valence-corrected chi connectivity index (χ2v) is 7.53. The van der Waals surface area contributed by atoms with Gasteiger partial charge in [0.05, 0.1) is 6.10 Å². The summed E-state index contributed by atoms with van der Waals surface area (Å²) in [6.45, 7) is 7.43. The molecule has 0 aliphatic heterocycles. The third-order valence-corrected chi connectivity index (χ3v) is 4.42. The summed E-state index contributed by atoms with van der Waals surface area (Å²) < 4.78 is 5.97. The molecule has 0 heterocycles. The maximum atomic E-state index is 11.2. The van der Waals surface area contributed by atoms with E-state index in [1.54, 1.807) is 0 Å². The number of carbonyl (C=O) groups is 1. The van der Waals surface area contributed by atoms with Gasteiger partial charge in [-0.2, -0.15) is 0 Å². The van der Waals surface area contributed by atoms with Gasteiger partial charge < -0.3 is 15.2 Å². The summed E-state index contributed by atoms with van der Waals surface area (Å²) in [7, 11) is 0. The Hall–Kier alpha value is -0.610. The highest BCUT2D eigenvalue weighted by atomic mass is 16.5. The second kappa shape index (κ2) is 6.44. The first-order chi connectivity index (χ1) is 9.35. The molecule has 0 saturated heterocycles. The van der Waals surface area contributed by atoms with Crippen molar-refractivity contribution in [2.24, 2.45) is 11.3 Å². The van der Waals surface area contributed by atoms with Crippen LogP contribution in [0.15, 0.2) is 0 Å². The van der Waals surface area contributed by atoms with Gasteiger partial charge in [0, 0.05) is 12.6 Å². The van der Waals surface area contributed by atoms with Gasteiger partial charge in [-0.05, 0) is 49.9 Å². The van der Waals surface area contributed by atoms with E-state index in [-0.39, 0.29) is 0 Å². The lowest BCUT2D eigenvalue weighted by atomic mass is 9.71. The normalized spacial score (nSPS) is 30.9. The Morgan fingerprint density at radius 2 is 2.10 bits per heavy atom. The van der Waals surface area contributed by atoms with Crippen LogP contribution < -0.4 is 5.32 Å². The van der Waals surface area contributed by atoms with E-state index in [1.165, 1.54) is 6.42 Å². The number of nitrogens with one attached hydrogen (secondary N) is 1. The summed E-state index contributed by atoms with van der Waals surface area (Å²) in [6.07, 6.45) is 6.54. The van der Waals surface area contributed by atoms with Crippen LogP contribution in [0.2, 0.25) is 0 Å². The summed E-state index contributed by atoms with van der Waals surface area (Å²) in [6, 6.07) is -0.0266. The lowest BCUT2D eigenvalue weighted by Crippen LogP contribution is -2.40. The second-order valence-electron chi connectivity index (χ2n) is 7.53. The molecule has 0 aromatic carbocycles. The molecule has 2 N–H and O–H groups in total. The molecule has 3 unspecified atom stereocenters. The molecule has 0 radical (unpaired) electrons. The van der Waals surface area contributed by atoms with Crippen molar-refractivity contribution in [1.82, 2.24) is 5.32 Å². The number of ether oxygens (including phenoxy) is 1. The molecule has 2 rings (SSSR count). The molecule has 2 aliphatic rings. The lowest BCUT2D eigenvalue weighted by molar-refractivity contribution is -0.140. The van der Waals surface area contributed by atoms with E-state index in [2.05, 4.69) is 26.1 Å². The average Bonchev–Trinajstić information content (AvgIpc) is 3.08. The number of aliphatic carboxylic acids is 1. The zero-order chi connectivity index (χ0) is 14.8.